The maximum Gasteiger partial charge on any atom is 0.389 e. The summed E-state index contributed by atoms with van der Waals surface area (Å²) in [4.78, 5) is 0. The fraction of sp³-hybridized carbons (Fsp3) is 1.00. The van der Waals surface area contributed by atoms with Crippen molar-refractivity contribution in [2.24, 2.45) is 5.92 Å². The summed E-state index contributed by atoms with van der Waals surface area (Å²) in [7, 11) is 0. The number of hydrogen-bond donors (Lipinski definition) is 0. The van der Waals surface area contributed by atoms with Crippen molar-refractivity contribution in [1.29, 1.82) is 0 Å². The first-order valence-corrected chi connectivity index (χ1v) is 5.02. The molecule has 0 nitrogen and oxygen atoms in total. The summed E-state index contributed by atoms with van der Waals surface area (Å²) in [5.74, 6) is -0.211. The molecule has 80 valence electrons. The smallest absolute Gasteiger partial charge is 0.171 e. The molecule has 13 heavy (non-hydrogen) atoms. The number of hydrogen-bond acceptors (Lipinski definition) is 0. The van der Waals surface area contributed by atoms with E-state index >= 15 is 0 Å². The molecule has 0 saturated heterocycles. The first-order chi connectivity index (χ1) is 5.95. The van der Waals surface area contributed by atoms with E-state index in [0.29, 0.717) is 6.42 Å². The molecular weight excluding hydrogens is 177 g/mol. The van der Waals surface area contributed by atoms with Crippen LogP contribution in [0.15, 0.2) is 0 Å². The summed E-state index contributed by atoms with van der Waals surface area (Å²) in [6.45, 7) is 3.78. The Balaban J connectivity index is 3.35. The maximum atomic E-state index is 11.9. The zero-order valence-electron chi connectivity index (χ0n) is 8.45. The molecule has 0 rings (SSSR count). The van der Waals surface area contributed by atoms with Crippen molar-refractivity contribution in [3.8, 4) is 0 Å². The highest BCUT2D eigenvalue weighted by Gasteiger charge is 2.29. The second-order valence-corrected chi connectivity index (χ2v) is 3.77. The van der Waals surface area contributed by atoms with Gasteiger partial charge < -0.3 is 0 Å². The van der Waals surface area contributed by atoms with Gasteiger partial charge in [-0.15, -0.1) is 0 Å². The molecule has 0 heterocycles. The number of halogens is 3. The van der Waals surface area contributed by atoms with Crippen molar-refractivity contribution in [2.45, 2.75) is 58.5 Å². The van der Waals surface area contributed by atoms with Crippen molar-refractivity contribution >= 4 is 0 Å². The summed E-state index contributed by atoms with van der Waals surface area (Å²) in [6.07, 6.45) is 0.374. The molecule has 0 aromatic heterocycles. The normalized spacial score (nSPS) is 14.5. The molecular formula is C10H19F3. The van der Waals surface area contributed by atoms with E-state index < -0.39 is 12.6 Å². The van der Waals surface area contributed by atoms with Crippen molar-refractivity contribution in [1.82, 2.24) is 0 Å². The van der Waals surface area contributed by atoms with Crippen LogP contribution >= 0.6 is 0 Å². The highest BCUT2D eigenvalue weighted by molar-refractivity contribution is 4.59. The first-order valence-electron chi connectivity index (χ1n) is 5.02. The van der Waals surface area contributed by atoms with Crippen LogP contribution in [0.25, 0.3) is 0 Å². The van der Waals surface area contributed by atoms with Crippen LogP contribution in [-0.2, 0) is 0 Å². The van der Waals surface area contributed by atoms with E-state index in [1.54, 1.807) is 6.92 Å². The minimum Gasteiger partial charge on any atom is -0.171 e. The Morgan fingerprint density at radius 2 is 1.69 bits per heavy atom. The van der Waals surface area contributed by atoms with Crippen LogP contribution in [0.5, 0.6) is 0 Å². The average Bonchev–Trinajstić information content (AvgIpc) is 1.94. The van der Waals surface area contributed by atoms with Gasteiger partial charge in [0.2, 0.25) is 0 Å². The van der Waals surface area contributed by atoms with Gasteiger partial charge in [0.25, 0.3) is 0 Å². The highest BCUT2D eigenvalue weighted by atomic mass is 19.4. The minimum atomic E-state index is -3.98. The fourth-order valence-electron chi connectivity index (χ4n) is 1.42. The molecule has 0 fully saturated rings. The molecule has 1 unspecified atom stereocenters. The van der Waals surface area contributed by atoms with Crippen LogP contribution < -0.4 is 0 Å². The molecule has 0 amide bonds. The van der Waals surface area contributed by atoms with E-state index in [1.807, 2.05) is 0 Å². The van der Waals surface area contributed by atoms with Crippen LogP contribution in [0.2, 0.25) is 0 Å². The van der Waals surface area contributed by atoms with E-state index in [4.69, 9.17) is 0 Å². The van der Waals surface area contributed by atoms with Crippen molar-refractivity contribution < 1.29 is 13.2 Å². The van der Waals surface area contributed by atoms with Gasteiger partial charge in [0, 0.05) is 6.42 Å². The average molecular weight is 196 g/mol. The SMILES string of the molecule is CCCCCCC(C)CC(F)(F)F. The number of unbranched alkanes of at least 4 members (excludes halogenated alkanes) is 3. The van der Waals surface area contributed by atoms with Gasteiger partial charge in [-0.25, -0.2) is 0 Å². The van der Waals surface area contributed by atoms with Gasteiger partial charge in [-0.2, -0.15) is 13.2 Å². The van der Waals surface area contributed by atoms with Gasteiger partial charge in [0.15, 0.2) is 0 Å². The molecule has 0 aromatic rings. The van der Waals surface area contributed by atoms with Crippen molar-refractivity contribution in [3.05, 3.63) is 0 Å². The molecule has 0 saturated carbocycles. The Morgan fingerprint density at radius 3 is 2.15 bits per heavy atom. The lowest BCUT2D eigenvalue weighted by Crippen LogP contribution is -2.12. The molecule has 1 atom stereocenters. The Labute approximate surface area is 78.5 Å². The van der Waals surface area contributed by atoms with Crippen LogP contribution in [0.1, 0.15) is 52.4 Å². The second-order valence-electron chi connectivity index (χ2n) is 3.77. The quantitative estimate of drug-likeness (QED) is 0.547. The van der Waals surface area contributed by atoms with Gasteiger partial charge in [-0.3, -0.25) is 0 Å². The summed E-state index contributed by atoms with van der Waals surface area (Å²) in [5, 5.41) is 0. The van der Waals surface area contributed by atoms with Crippen LogP contribution in [0.4, 0.5) is 13.2 Å². The molecule has 0 N–H and O–H groups in total. The van der Waals surface area contributed by atoms with E-state index in [-0.39, 0.29) is 5.92 Å². The Kier molecular flexibility index (Phi) is 6.17. The predicted octanol–water partition coefficient (Wildman–Crippen LogP) is 4.55. The van der Waals surface area contributed by atoms with E-state index in [0.717, 1.165) is 25.7 Å². The molecule has 3 heteroatoms. The third-order valence-electron chi connectivity index (χ3n) is 2.13. The lowest BCUT2D eigenvalue weighted by Gasteiger charge is -2.13. The molecule has 0 radical (unpaired) electrons. The highest BCUT2D eigenvalue weighted by Crippen LogP contribution is 2.27. The molecule has 0 aromatic carbocycles. The van der Waals surface area contributed by atoms with E-state index in [1.165, 1.54) is 0 Å². The standard InChI is InChI=1S/C10H19F3/c1-3-4-5-6-7-9(2)8-10(11,12)13/h9H,3-8H2,1-2H3. The second kappa shape index (κ2) is 6.28. The van der Waals surface area contributed by atoms with Crippen LogP contribution in [0, 0.1) is 5.92 Å². The lowest BCUT2D eigenvalue weighted by molar-refractivity contribution is -0.143. The van der Waals surface area contributed by atoms with Gasteiger partial charge >= 0.3 is 6.18 Å². The van der Waals surface area contributed by atoms with Crippen molar-refractivity contribution in [2.75, 3.05) is 0 Å². The van der Waals surface area contributed by atoms with E-state index in [9.17, 15) is 13.2 Å². The molecule has 0 spiro atoms. The third-order valence-corrected chi connectivity index (χ3v) is 2.13. The van der Waals surface area contributed by atoms with Gasteiger partial charge in [0.1, 0.15) is 0 Å². The summed E-state index contributed by atoms with van der Waals surface area (Å²) < 4.78 is 35.6. The topological polar surface area (TPSA) is 0 Å². The minimum absolute atomic E-state index is 0.211. The largest absolute Gasteiger partial charge is 0.389 e. The van der Waals surface area contributed by atoms with E-state index in [2.05, 4.69) is 6.92 Å². The maximum absolute atomic E-state index is 11.9. The van der Waals surface area contributed by atoms with Gasteiger partial charge in [-0.05, 0) is 5.92 Å². The van der Waals surface area contributed by atoms with Gasteiger partial charge in [-0.1, -0.05) is 46.0 Å². The zero-order valence-corrected chi connectivity index (χ0v) is 8.45. The van der Waals surface area contributed by atoms with Crippen LogP contribution in [-0.4, -0.2) is 6.18 Å². The zero-order chi connectivity index (χ0) is 10.3. The first kappa shape index (κ1) is 12.8. The summed E-state index contributed by atoms with van der Waals surface area (Å²) >= 11 is 0. The molecule has 0 aliphatic heterocycles. The Morgan fingerprint density at radius 1 is 1.08 bits per heavy atom. The summed E-state index contributed by atoms with van der Waals surface area (Å²) in [6, 6.07) is 0. The lowest BCUT2D eigenvalue weighted by atomic mass is 9.99. The van der Waals surface area contributed by atoms with Crippen LogP contribution in [0.3, 0.4) is 0 Å². The Bertz CT molecular complexity index is 118. The number of alkyl halides is 3. The van der Waals surface area contributed by atoms with Crippen molar-refractivity contribution in [3.63, 3.8) is 0 Å². The molecule has 0 aliphatic rings. The third kappa shape index (κ3) is 9.71. The monoisotopic (exact) mass is 196 g/mol. The molecule has 0 aliphatic carbocycles. The summed E-state index contributed by atoms with van der Waals surface area (Å²) in [5.41, 5.74) is 0. The van der Waals surface area contributed by atoms with Gasteiger partial charge in [0.05, 0.1) is 0 Å². The predicted molar refractivity (Wildman–Crippen MR) is 48.6 cm³/mol. The molecule has 0 bridgehead atoms. The Hall–Kier alpha value is -0.210. The number of rotatable bonds is 6. The fourth-order valence-corrected chi connectivity index (χ4v) is 1.42.